The van der Waals surface area contributed by atoms with Gasteiger partial charge in [-0.15, -0.1) is 11.3 Å². The number of carbonyl (C=O) groups is 1. The van der Waals surface area contributed by atoms with Crippen LogP contribution in [0.15, 0.2) is 24.3 Å². The topological polar surface area (TPSA) is 32.8 Å². The zero-order chi connectivity index (χ0) is 18.6. The third kappa shape index (κ3) is 4.64. The van der Waals surface area contributed by atoms with Crippen LogP contribution in [-0.2, 0) is 0 Å². The van der Waals surface area contributed by atoms with Gasteiger partial charge in [-0.3, -0.25) is 4.79 Å². The molecule has 2 fully saturated rings. The van der Waals surface area contributed by atoms with E-state index >= 15 is 0 Å². The standard InChI is InChI=1S/C22H30N2O2S/c1-23-10-12-24(13-11-23)22(25)21-16-18-15-19(7-8-20(18)27-21)26-14-9-17-5-3-2-4-6-17/h7-8,15-17H,2-6,9-14H2,1H3. The summed E-state index contributed by atoms with van der Waals surface area (Å²) < 4.78 is 7.18. The van der Waals surface area contributed by atoms with Crippen LogP contribution in [0.25, 0.3) is 10.1 Å². The summed E-state index contributed by atoms with van der Waals surface area (Å²) in [6.07, 6.45) is 8.07. The van der Waals surface area contributed by atoms with Crippen molar-refractivity contribution in [3.63, 3.8) is 0 Å². The number of thiophene rings is 1. The summed E-state index contributed by atoms with van der Waals surface area (Å²) in [7, 11) is 2.11. The minimum atomic E-state index is 0.170. The molecule has 1 aromatic carbocycles. The Bertz CT molecular complexity index is 774. The van der Waals surface area contributed by atoms with Crippen molar-refractivity contribution in [3.05, 3.63) is 29.1 Å². The second kappa shape index (κ2) is 8.61. The third-order valence-electron chi connectivity index (χ3n) is 6.01. The molecular formula is C22H30N2O2S. The van der Waals surface area contributed by atoms with Crippen molar-refractivity contribution in [1.82, 2.24) is 9.80 Å². The lowest BCUT2D eigenvalue weighted by molar-refractivity contribution is 0.0669. The summed E-state index contributed by atoms with van der Waals surface area (Å²) >= 11 is 1.59. The molecule has 0 bridgehead atoms. The van der Waals surface area contributed by atoms with Crippen LogP contribution in [0, 0.1) is 5.92 Å². The molecule has 2 aliphatic rings. The van der Waals surface area contributed by atoms with Crippen molar-refractivity contribution in [2.24, 2.45) is 5.92 Å². The number of piperazine rings is 1. The zero-order valence-electron chi connectivity index (χ0n) is 16.3. The van der Waals surface area contributed by atoms with Crippen LogP contribution in [0.3, 0.4) is 0 Å². The SMILES string of the molecule is CN1CCN(C(=O)c2cc3cc(OCCC4CCCCC4)ccc3s2)CC1. The van der Waals surface area contributed by atoms with Crippen molar-refractivity contribution in [2.45, 2.75) is 38.5 Å². The predicted octanol–water partition coefficient (Wildman–Crippen LogP) is 4.64. The molecular weight excluding hydrogens is 356 g/mol. The second-order valence-corrected chi connectivity index (χ2v) is 9.13. The molecule has 5 heteroatoms. The quantitative estimate of drug-likeness (QED) is 0.751. The maximum absolute atomic E-state index is 12.8. The Morgan fingerprint density at radius 1 is 1.11 bits per heavy atom. The van der Waals surface area contributed by atoms with Gasteiger partial charge in [-0.1, -0.05) is 32.1 Å². The van der Waals surface area contributed by atoms with Gasteiger partial charge in [-0.05, 0) is 49.0 Å². The van der Waals surface area contributed by atoms with Gasteiger partial charge >= 0.3 is 0 Å². The average Bonchev–Trinajstić information content (AvgIpc) is 3.12. The molecule has 1 saturated heterocycles. The molecule has 0 N–H and O–H groups in total. The van der Waals surface area contributed by atoms with Crippen LogP contribution in [-0.4, -0.2) is 55.5 Å². The lowest BCUT2D eigenvalue weighted by Crippen LogP contribution is -2.46. The molecule has 0 unspecified atom stereocenters. The Morgan fingerprint density at radius 2 is 1.89 bits per heavy atom. The van der Waals surface area contributed by atoms with Gasteiger partial charge in [0.2, 0.25) is 0 Å². The van der Waals surface area contributed by atoms with Crippen LogP contribution in [0.5, 0.6) is 5.75 Å². The van der Waals surface area contributed by atoms with Gasteiger partial charge in [0, 0.05) is 30.9 Å². The van der Waals surface area contributed by atoms with E-state index in [-0.39, 0.29) is 5.91 Å². The first-order valence-electron chi connectivity index (χ1n) is 10.3. The number of likely N-dealkylation sites (N-methyl/N-ethyl adjacent to an activating group) is 1. The van der Waals surface area contributed by atoms with Gasteiger partial charge in [-0.2, -0.15) is 0 Å². The minimum absolute atomic E-state index is 0.170. The molecule has 0 radical (unpaired) electrons. The fourth-order valence-electron chi connectivity index (χ4n) is 4.20. The van der Waals surface area contributed by atoms with Crippen molar-refractivity contribution in [3.8, 4) is 5.75 Å². The van der Waals surface area contributed by atoms with Crippen molar-refractivity contribution >= 4 is 27.3 Å². The number of carbonyl (C=O) groups excluding carboxylic acids is 1. The predicted molar refractivity (Wildman–Crippen MR) is 112 cm³/mol. The molecule has 0 atom stereocenters. The summed E-state index contributed by atoms with van der Waals surface area (Å²) in [4.78, 5) is 17.9. The van der Waals surface area contributed by atoms with E-state index in [1.54, 1.807) is 11.3 Å². The summed E-state index contributed by atoms with van der Waals surface area (Å²) in [5.41, 5.74) is 0. The van der Waals surface area contributed by atoms with Gasteiger partial charge in [0.05, 0.1) is 11.5 Å². The first-order valence-corrected chi connectivity index (χ1v) is 11.1. The fraction of sp³-hybridized carbons (Fsp3) is 0.591. The van der Waals surface area contributed by atoms with Crippen LogP contribution in [0.2, 0.25) is 0 Å². The molecule has 1 aliphatic carbocycles. The van der Waals surface area contributed by atoms with Crippen LogP contribution in [0.1, 0.15) is 48.2 Å². The van der Waals surface area contributed by atoms with Crippen LogP contribution < -0.4 is 4.74 Å². The molecule has 4 rings (SSSR count). The minimum Gasteiger partial charge on any atom is -0.494 e. The van der Waals surface area contributed by atoms with Gasteiger partial charge in [-0.25, -0.2) is 0 Å². The highest BCUT2D eigenvalue weighted by Gasteiger charge is 2.22. The number of ether oxygens (including phenoxy) is 1. The van der Waals surface area contributed by atoms with Gasteiger partial charge < -0.3 is 14.5 Å². The Morgan fingerprint density at radius 3 is 2.67 bits per heavy atom. The average molecular weight is 387 g/mol. The highest BCUT2D eigenvalue weighted by Crippen LogP contribution is 2.31. The highest BCUT2D eigenvalue weighted by atomic mass is 32.1. The molecule has 146 valence electrons. The second-order valence-electron chi connectivity index (χ2n) is 8.05. The number of nitrogens with zero attached hydrogens (tertiary/aromatic N) is 2. The number of rotatable bonds is 5. The van der Waals surface area contributed by atoms with E-state index in [0.717, 1.165) is 65.8 Å². The summed E-state index contributed by atoms with van der Waals surface area (Å²) in [5, 5.41) is 1.12. The fourth-order valence-corrected chi connectivity index (χ4v) is 5.21. The molecule has 2 aromatic rings. The van der Waals surface area contributed by atoms with E-state index in [4.69, 9.17) is 4.74 Å². The Balaban J connectivity index is 1.37. The zero-order valence-corrected chi connectivity index (χ0v) is 17.1. The van der Waals surface area contributed by atoms with Gasteiger partial charge in [0.15, 0.2) is 0 Å². The Kier molecular flexibility index (Phi) is 5.98. The van der Waals surface area contributed by atoms with Crippen molar-refractivity contribution < 1.29 is 9.53 Å². The molecule has 1 aromatic heterocycles. The highest BCUT2D eigenvalue weighted by molar-refractivity contribution is 7.20. The number of hydrogen-bond donors (Lipinski definition) is 0. The maximum atomic E-state index is 12.8. The summed E-state index contributed by atoms with van der Waals surface area (Å²) in [5.74, 6) is 1.94. The van der Waals surface area contributed by atoms with Crippen molar-refractivity contribution in [2.75, 3.05) is 39.8 Å². The smallest absolute Gasteiger partial charge is 0.264 e. The molecule has 27 heavy (non-hydrogen) atoms. The van der Waals surface area contributed by atoms with E-state index in [1.807, 2.05) is 17.0 Å². The van der Waals surface area contributed by atoms with E-state index in [1.165, 1.54) is 32.1 Å². The molecule has 1 aliphatic heterocycles. The lowest BCUT2D eigenvalue weighted by Gasteiger charge is -2.32. The van der Waals surface area contributed by atoms with Crippen molar-refractivity contribution in [1.29, 1.82) is 0 Å². The molecule has 2 heterocycles. The van der Waals surface area contributed by atoms with Crippen LogP contribution >= 0.6 is 11.3 Å². The van der Waals surface area contributed by atoms with E-state index < -0.39 is 0 Å². The van der Waals surface area contributed by atoms with Gasteiger partial charge in [0.1, 0.15) is 5.75 Å². The number of benzene rings is 1. The Hall–Kier alpha value is -1.59. The largest absolute Gasteiger partial charge is 0.494 e. The lowest BCUT2D eigenvalue weighted by atomic mass is 9.87. The third-order valence-corrected chi connectivity index (χ3v) is 7.11. The number of amides is 1. The first kappa shape index (κ1) is 18.8. The summed E-state index contributed by atoms with van der Waals surface area (Å²) in [6.45, 7) is 4.34. The monoisotopic (exact) mass is 386 g/mol. The Labute approximate surface area is 166 Å². The molecule has 1 saturated carbocycles. The molecule has 4 nitrogen and oxygen atoms in total. The van der Waals surface area contributed by atoms with E-state index in [0.29, 0.717) is 0 Å². The number of fused-ring (bicyclic) bond motifs is 1. The van der Waals surface area contributed by atoms with E-state index in [2.05, 4.69) is 24.1 Å². The maximum Gasteiger partial charge on any atom is 0.264 e. The van der Waals surface area contributed by atoms with E-state index in [9.17, 15) is 4.79 Å². The normalized spacial score (nSPS) is 19.5. The number of hydrogen-bond acceptors (Lipinski definition) is 4. The van der Waals surface area contributed by atoms with Gasteiger partial charge in [0.25, 0.3) is 5.91 Å². The molecule has 1 amide bonds. The van der Waals surface area contributed by atoms with Crippen LogP contribution in [0.4, 0.5) is 0 Å². The molecule has 0 spiro atoms. The first-order chi connectivity index (χ1) is 13.2. The summed E-state index contributed by atoms with van der Waals surface area (Å²) in [6, 6.07) is 8.27.